The van der Waals surface area contributed by atoms with Crippen LogP contribution in [-0.2, 0) is 18.3 Å². The first kappa shape index (κ1) is 12.1. The number of fused-ring (bicyclic) bond motifs is 5. The zero-order valence-electron chi connectivity index (χ0n) is 12.3. The number of para-hydroxylation sites is 2. The van der Waals surface area contributed by atoms with Gasteiger partial charge in [0, 0.05) is 22.9 Å². The highest BCUT2D eigenvalue weighted by atomic mass is 16.5. The molecule has 2 heteroatoms. The van der Waals surface area contributed by atoms with Gasteiger partial charge >= 0.3 is 0 Å². The summed E-state index contributed by atoms with van der Waals surface area (Å²) in [6, 6.07) is 16.6. The zero-order chi connectivity index (χ0) is 14.7. The molecule has 1 unspecified atom stereocenters. The Kier molecular flexibility index (Phi) is 2.22. The molecule has 2 aromatic carbocycles. The Bertz CT molecular complexity index is 918. The third-order valence-corrected chi connectivity index (χ3v) is 5.22. The lowest BCUT2D eigenvalue weighted by molar-refractivity contribution is 0.319. The Hall–Kier alpha value is -2.48. The van der Waals surface area contributed by atoms with Crippen LogP contribution in [0.4, 0.5) is 0 Å². The quantitative estimate of drug-likeness (QED) is 0.595. The van der Waals surface area contributed by atoms with Crippen LogP contribution in [0.15, 0.2) is 65.3 Å². The zero-order valence-corrected chi connectivity index (χ0v) is 12.3. The van der Waals surface area contributed by atoms with Gasteiger partial charge in [-0.2, -0.15) is 0 Å². The molecular formula is C20H16O2. The van der Waals surface area contributed by atoms with E-state index >= 15 is 0 Å². The maximum absolute atomic E-state index is 6.14. The molecule has 1 atom stereocenters. The second kappa shape index (κ2) is 4.04. The third kappa shape index (κ3) is 1.40. The van der Waals surface area contributed by atoms with Gasteiger partial charge in [-0.25, -0.2) is 0 Å². The first-order chi connectivity index (χ1) is 10.8. The van der Waals surface area contributed by atoms with Crippen LogP contribution in [0.1, 0.15) is 23.3 Å². The topological polar surface area (TPSA) is 22.4 Å². The van der Waals surface area contributed by atoms with Gasteiger partial charge in [-0.1, -0.05) is 43.0 Å². The number of furan rings is 1. The summed E-state index contributed by atoms with van der Waals surface area (Å²) in [5, 5.41) is 1.25. The molecule has 0 fully saturated rings. The molecular weight excluding hydrogens is 272 g/mol. The molecule has 22 heavy (non-hydrogen) atoms. The second-order valence-electron chi connectivity index (χ2n) is 6.28. The highest BCUT2D eigenvalue weighted by molar-refractivity contribution is 5.82. The standard InChI is InChI=1S/C20H16O2/c1-13-20(16-7-3-5-9-18(16)21-13)11-10-15-14-6-2-4-8-17(14)22-19(15)12-20/h2-9H,1,10-12H2. The first-order valence-corrected chi connectivity index (χ1v) is 7.74. The fraction of sp³-hybridized carbons (Fsp3) is 0.200. The molecule has 0 saturated heterocycles. The Morgan fingerprint density at radius 1 is 1.00 bits per heavy atom. The van der Waals surface area contributed by atoms with E-state index in [1.54, 1.807) is 0 Å². The Balaban J connectivity index is 1.69. The van der Waals surface area contributed by atoms with Crippen molar-refractivity contribution in [3.63, 3.8) is 0 Å². The lowest BCUT2D eigenvalue weighted by atomic mass is 9.69. The van der Waals surface area contributed by atoms with Crippen molar-refractivity contribution < 1.29 is 9.15 Å². The van der Waals surface area contributed by atoms with Crippen molar-refractivity contribution in [2.45, 2.75) is 24.7 Å². The molecule has 2 heterocycles. The van der Waals surface area contributed by atoms with Crippen LogP contribution >= 0.6 is 0 Å². The molecule has 0 saturated carbocycles. The van der Waals surface area contributed by atoms with E-state index in [-0.39, 0.29) is 5.41 Å². The van der Waals surface area contributed by atoms with Crippen LogP contribution in [0.25, 0.3) is 11.0 Å². The van der Waals surface area contributed by atoms with Crippen LogP contribution in [0, 0.1) is 0 Å². The van der Waals surface area contributed by atoms with Crippen LogP contribution in [-0.4, -0.2) is 0 Å². The maximum Gasteiger partial charge on any atom is 0.134 e. The summed E-state index contributed by atoms with van der Waals surface area (Å²) in [7, 11) is 0. The van der Waals surface area contributed by atoms with Crippen molar-refractivity contribution in [3.8, 4) is 5.75 Å². The molecule has 1 aliphatic carbocycles. The lowest BCUT2D eigenvalue weighted by Crippen LogP contribution is -2.32. The van der Waals surface area contributed by atoms with Gasteiger partial charge in [0.2, 0.25) is 0 Å². The molecule has 1 spiro atoms. The molecule has 2 aliphatic rings. The lowest BCUT2D eigenvalue weighted by Gasteiger charge is -2.32. The van der Waals surface area contributed by atoms with Crippen LogP contribution in [0.5, 0.6) is 5.75 Å². The minimum Gasteiger partial charge on any atom is -0.461 e. The van der Waals surface area contributed by atoms with E-state index in [0.29, 0.717) is 0 Å². The molecule has 0 amide bonds. The molecule has 0 radical (unpaired) electrons. The van der Waals surface area contributed by atoms with Crippen molar-refractivity contribution in [1.82, 2.24) is 0 Å². The molecule has 1 aliphatic heterocycles. The molecule has 2 nitrogen and oxygen atoms in total. The number of aryl methyl sites for hydroxylation is 1. The highest BCUT2D eigenvalue weighted by Gasteiger charge is 2.47. The summed E-state index contributed by atoms with van der Waals surface area (Å²) in [4.78, 5) is 0. The van der Waals surface area contributed by atoms with E-state index in [2.05, 4.69) is 30.8 Å². The van der Waals surface area contributed by atoms with Gasteiger partial charge in [0.1, 0.15) is 22.9 Å². The van der Waals surface area contributed by atoms with E-state index in [1.165, 1.54) is 16.5 Å². The highest BCUT2D eigenvalue weighted by Crippen LogP contribution is 2.52. The summed E-state index contributed by atoms with van der Waals surface area (Å²) in [5.41, 5.74) is 3.48. The van der Waals surface area contributed by atoms with E-state index in [1.807, 2.05) is 24.3 Å². The first-order valence-electron chi connectivity index (χ1n) is 7.74. The Labute approximate surface area is 129 Å². The van der Waals surface area contributed by atoms with Gasteiger partial charge in [-0.05, 0) is 25.0 Å². The number of rotatable bonds is 0. The van der Waals surface area contributed by atoms with Gasteiger partial charge in [0.05, 0.1) is 5.41 Å². The number of benzene rings is 2. The summed E-state index contributed by atoms with van der Waals surface area (Å²) < 4.78 is 12.1. The van der Waals surface area contributed by atoms with Gasteiger partial charge in [0.25, 0.3) is 0 Å². The van der Waals surface area contributed by atoms with Gasteiger partial charge in [-0.3, -0.25) is 0 Å². The molecule has 5 rings (SSSR count). The fourth-order valence-electron chi connectivity index (χ4n) is 4.07. The second-order valence-corrected chi connectivity index (χ2v) is 6.28. The smallest absolute Gasteiger partial charge is 0.134 e. The maximum atomic E-state index is 6.14. The SMILES string of the molecule is C=C1Oc2ccccc2C12CCc1c(oc3ccccc13)C2. The summed E-state index contributed by atoms with van der Waals surface area (Å²) in [6.45, 7) is 4.21. The minimum atomic E-state index is -0.128. The summed E-state index contributed by atoms with van der Waals surface area (Å²) in [5.74, 6) is 2.90. The number of ether oxygens (including phenoxy) is 1. The molecule has 1 aromatic heterocycles. The van der Waals surface area contributed by atoms with Gasteiger partial charge in [0.15, 0.2) is 0 Å². The molecule has 3 aromatic rings. The molecule has 0 N–H and O–H groups in total. The van der Waals surface area contributed by atoms with Crippen molar-refractivity contribution in [1.29, 1.82) is 0 Å². The van der Waals surface area contributed by atoms with Crippen molar-refractivity contribution >= 4 is 11.0 Å². The van der Waals surface area contributed by atoms with E-state index in [0.717, 1.165) is 42.1 Å². The minimum absolute atomic E-state index is 0.128. The third-order valence-electron chi connectivity index (χ3n) is 5.22. The largest absolute Gasteiger partial charge is 0.461 e. The fourth-order valence-corrected chi connectivity index (χ4v) is 4.07. The Morgan fingerprint density at radius 3 is 2.77 bits per heavy atom. The predicted molar refractivity (Wildman–Crippen MR) is 86.1 cm³/mol. The van der Waals surface area contributed by atoms with Crippen molar-refractivity contribution in [3.05, 3.63) is 77.8 Å². The van der Waals surface area contributed by atoms with Crippen LogP contribution in [0.2, 0.25) is 0 Å². The van der Waals surface area contributed by atoms with Crippen molar-refractivity contribution in [2.24, 2.45) is 0 Å². The average Bonchev–Trinajstić information content (AvgIpc) is 3.04. The normalized spacial score (nSPS) is 22.6. The van der Waals surface area contributed by atoms with Gasteiger partial charge in [-0.15, -0.1) is 0 Å². The predicted octanol–water partition coefficient (Wildman–Crippen LogP) is 4.77. The van der Waals surface area contributed by atoms with Crippen LogP contribution in [0.3, 0.4) is 0 Å². The number of hydrogen-bond acceptors (Lipinski definition) is 2. The monoisotopic (exact) mass is 288 g/mol. The van der Waals surface area contributed by atoms with Crippen molar-refractivity contribution in [2.75, 3.05) is 0 Å². The molecule has 0 bridgehead atoms. The van der Waals surface area contributed by atoms with Crippen LogP contribution < -0.4 is 4.74 Å². The number of hydrogen-bond donors (Lipinski definition) is 0. The van der Waals surface area contributed by atoms with E-state index in [9.17, 15) is 0 Å². The van der Waals surface area contributed by atoms with E-state index in [4.69, 9.17) is 9.15 Å². The average molecular weight is 288 g/mol. The van der Waals surface area contributed by atoms with Gasteiger partial charge < -0.3 is 9.15 Å². The summed E-state index contributed by atoms with van der Waals surface area (Å²) >= 11 is 0. The van der Waals surface area contributed by atoms with E-state index < -0.39 is 0 Å². The summed E-state index contributed by atoms with van der Waals surface area (Å²) in [6.07, 6.45) is 2.87. The Morgan fingerprint density at radius 2 is 1.82 bits per heavy atom. The number of allylic oxidation sites excluding steroid dienone is 1. The molecule has 108 valence electrons.